The molecule has 3 aliphatic rings. The van der Waals surface area contributed by atoms with Crippen LogP contribution in [0, 0.1) is 17.8 Å². The molecule has 0 radical (unpaired) electrons. The fourth-order valence-corrected chi connectivity index (χ4v) is 10.5. The molecule has 12 heteroatoms. The molecule has 1 amide bonds. The number of methoxy groups -OCH3 is 1. The second-order valence-electron chi connectivity index (χ2n) is 18.6. The number of rotatable bonds is 30. The van der Waals surface area contributed by atoms with E-state index in [1.54, 1.807) is 36.2 Å². The molecular formula is C56H76N2O10. The number of hydrogen-bond donors (Lipinski definition) is 2. The van der Waals surface area contributed by atoms with Gasteiger partial charge in [-0.1, -0.05) is 125 Å². The number of nitrogens with zero attached hydrogens (tertiary/aromatic N) is 2. The molecule has 2 aliphatic carbocycles. The molecule has 0 spiro atoms. The van der Waals surface area contributed by atoms with Gasteiger partial charge in [-0.25, -0.2) is 4.79 Å². The highest BCUT2D eigenvalue weighted by molar-refractivity contribution is 6.03. The van der Waals surface area contributed by atoms with E-state index in [9.17, 15) is 19.8 Å². The van der Waals surface area contributed by atoms with Crippen LogP contribution in [0.4, 0.5) is 4.79 Å². The van der Waals surface area contributed by atoms with Gasteiger partial charge < -0.3 is 43.6 Å². The maximum Gasteiger partial charge on any atom is 0.409 e. The first-order chi connectivity index (χ1) is 33.3. The van der Waals surface area contributed by atoms with E-state index < -0.39 is 23.8 Å². The van der Waals surface area contributed by atoms with Crippen LogP contribution in [0.3, 0.4) is 0 Å². The average molecular weight is 937 g/mol. The topological polar surface area (TPSA) is 146 Å². The van der Waals surface area contributed by atoms with Gasteiger partial charge in [-0.05, 0) is 91.5 Å². The summed E-state index contributed by atoms with van der Waals surface area (Å²) in [5.41, 5.74) is 3.89. The normalized spacial score (nSPS) is 22.0. The third kappa shape index (κ3) is 13.3. The number of oxime groups is 1. The van der Waals surface area contributed by atoms with Gasteiger partial charge in [0, 0.05) is 38.2 Å². The van der Waals surface area contributed by atoms with E-state index in [4.69, 9.17) is 33.7 Å². The van der Waals surface area contributed by atoms with Gasteiger partial charge in [0.15, 0.2) is 6.29 Å². The first kappa shape index (κ1) is 52.2. The van der Waals surface area contributed by atoms with Crippen molar-refractivity contribution in [2.75, 3.05) is 40.6 Å². The van der Waals surface area contributed by atoms with E-state index in [1.165, 1.54) is 52.1 Å². The van der Waals surface area contributed by atoms with E-state index in [0.717, 1.165) is 67.9 Å². The molecule has 1 heterocycles. The minimum atomic E-state index is -1.41. The largest absolute Gasteiger partial charge is 0.496 e. The lowest BCUT2D eigenvalue weighted by Crippen LogP contribution is -2.69. The Morgan fingerprint density at radius 2 is 1.57 bits per heavy atom. The van der Waals surface area contributed by atoms with E-state index >= 15 is 0 Å². The molecule has 2 N–H and O–H groups in total. The second kappa shape index (κ2) is 27.1. The van der Waals surface area contributed by atoms with Crippen LogP contribution < -0.4 is 14.2 Å². The molecule has 1 saturated carbocycles. The SMILES string of the molecule is C=CCO[C@@]12Oc3ccc(Oc4ccc(OC)c(C=O)c4)cc3[C@H]3[C@H](CCCCO)[C@@H](CCCCO)C=C(C(=NOCc4ccccc4)C[C@@H]1N(C)C(=O)OCCCCCCCCCCCC)[C@H]32. The lowest BCUT2D eigenvalue weighted by atomic mass is 9.55. The maximum atomic E-state index is 14.3. The fraction of sp³-hybridized carbons (Fsp3) is 0.554. The molecule has 0 aromatic heterocycles. The molecule has 1 aliphatic heterocycles. The second-order valence-corrected chi connectivity index (χ2v) is 18.6. The monoisotopic (exact) mass is 937 g/mol. The summed E-state index contributed by atoms with van der Waals surface area (Å²) in [5, 5.41) is 24.9. The molecule has 12 nitrogen and oxygen atoms in total. The third-order valence-electron chi connectivity index (χ3n) is 13.9. The summed E-state index contributed by atoms with van der Waals surface area (Å²) in [6.45, 7) is 7.17. The Morgan fingerprint density at radius 1 is 0.882 bits per heavy atom. The smallest absolute Gasteiger partial charge is 0.409 e. The van der Waals surface area contributed by atoms with Gasteiger partial charge in [0.2, 0.25) is 5.79 Å². The maximum absolute atomic E-state index is 14.3. The van der Waals surface area contributed by atoms with E-state index in [1.807, 2.05) is 48.5 Å². The van der Waals surface area contributed by atoms with Crippen molar-refractivity contribution >= 4 is 18.1 Å². The summed E-state index contributed by atoms with van der Waals surface area (Å²) in [6, 6.07) is 20.1. The molecule has 3 aromatic rings. The summed E-state index contributed by atoms with van der Waals surface area (Å²) in [4.78, 5) is 34.1. The average Bonchev–Trinajstić information content (AvgIpc) is 3.36. The lowest BCUT2D eigenvalue weighted by Gasteiger charge is -2.59. The molecule has 6 atom stereocenters. The first-order valence-electron chi connectivity index (χ1n) is 25.3. The van der Waals surface area contributed by atoms with Crippen LogP contribution in [0.25, 0.3) is 0 Å². The number of aliphatic hydroxyl groups is 2. The number of benzene rings is 3. The summed E-state index contributed by atoms with van der Waals surface area (Å²) < 4.78 is 32.3. The fourth-order valence-electron chi connectivity index (χ4n) is 10.5. The van der Waals surface area contributed by atoms with Crippen molar-refractivity contribution in [2.45, 2.75) is 140 Å². The van der Waals surface area contributed by atoms with E-state index in [2.05, 4.69) is 19.6 Å². The number of carbonyl (C=O) groups excluding carboxylic acids is 2. The number of unbranched alkanes of at least 4 members (excludes halogenated alkanes) is 11. The minimum absolute atomic E-state index is 0.0279. The van der Waals surface area contributed by atoms with Gasteiger partial charge in [-0.3, -0.25) is 4.79 Å². The molecule has 6 rings (SSSR count). The van der Waals surface area contributed by atoms with Gasteiger partial charge >= 0.3 is 6.09 Å². The van der Waals surface area contributed by atoms with Crippen molar-refractivity contribution in [3.8, 4) is 23.0 Å². The highest BCUT2D eigenvalue weighted by Crippen LogP contribution is 2.62. The van der Waals surface area contributed by atoms with Crippen molar-refractivity contribution in [1.29, 1.82) is 0 Å². The van der Waals surface area contributed by atoms with Crippen molar-refractivity contribution in [2.24, 2.45) is 22.9 Å². The summed E-state index contributed by atoms with van der Waals surface area (Å²) >= 11 is 0. The Bertz CT molecular complexity index is 2110. The van der Waals surface area contributed by atoms with Gasteiger partial charge in [-0.15, -0.1) is 6.58 Å². The van der Waals surface area contributed by atoms with Crippen LogP contribution in [-0.4, -0.2) is 85.6 Å². The van der Waals surface area contributed by atoms with Crippen LogP contribution in [0.2, 0.25) is 0 Å². The van der Waals surface area contributed by atoms with Gasteiger partial charge in [0.1, 0.15) is 35.6 Å². The number of amides is 1. The number of fused-ring (bicyclic) bond motifs is 2. The number of allylic oxidation sites excluding steroid dienone is 1. The third-order valence-corrected chi connectivity index (χ3v) is 13.9. The highest BCUT2D eigenvalue weighted by atomic mass is 16.7. The van der Waals surface area contributed by atoms with Crippen LogP contribution in [0.5, 0.6) is 23.0 Å². The molecule has 0 unspecified atom stereocenters. The van der Waals surface area contributed by atoms with Gasteiger partial charge in [0.05, 0.1) is 37.5 Å². The van der Waals surface area contributed by atoms with Gasteiger partial charge in [0.25, 0.3) is 0 Å². The number of hydrogen-bond acceptors (Lipinski definition) is 11. The number of aliphatic hydroxyl groups excluding tert-OH is 2. The molecule has 3 aromatic carbocycles. The lowest BCUT2D eigenvalue weighted by molar-refractivity contribution is -0.253. The van der Waals surface area contributed by atoms with Crippen molar-refractivity contribution in [3.63, 3.8) is 0 Å². The van der Waals surface area contributed by atoms with Crippen molar-refractivity contribution < 1.29 is 48.3 Å². The minimum Gasteiger partial charge on any atom is -0.496 e. The Kier molecular flexibility index (Phi) is 20.8. The number of likely N-dealkylation sites (N-methyl/N-ethyl adjacent to an activating group) is 1. The number of aldehydes is 1. The molecule has 370 valence electrons. The first-order valence-corrected chi connectivity index (χ1v) is 25.3. The Hall–Kier alpha value is -5.17. The Balaban J connectivity index is 1.40. The van der Waals surface area contributed by atoms with E-state index in [0.29, 0.717) is 53.7 Å². The molecule has 0 saturated heterocycles. The quantitative estimate of drug-likeness (QED) is 0.0287. The van der Waals surface area contributed by atoms with E-state index in [-0.39, 0.29) is 50.6 Å². The van der Waals surface area contributed by atoms with Crippen LogP contribution in [0.1, 0.15) is 143 Å². The highest BCUT2D eigenvalue weighted by Gasteiger charge is 2.65. The summed E-state index contributed by atoms with van der Waals surface area (Å²) in [7, 11) is 3.28. The Labute approximate surface area is 404 Å². The summed E-state index contributed by atoms with van der Waals surface area (Å²) in [6.07, 6.45) is 20.9. The van der Waals surface area contributed by atoms with Crippen LogP contribution in [0.15, 0.2) is 96.2 Å². The molecular weight excluding hydrogens is 861 g/mol. The number of ether oxygens (including phenoxy) is 5. The van der Waals surface area contributed by atoms with Crippen LogP contribution in [-0.2, 0) is 20.9 Å². The molecule has 0 bridgehead atoms. The standard InChI is InChI=1S/C56H76N2O10/c1-5-7-8-9-10-11-12-13-14-22-34-64-55(62)58(3)52-38-49(57-66-40-41-23-16-15-17-24-41)47-36-42(25-18-20-31-59)46(26-19-21-32-60)53-48-37-45(67-44-27-29-50(63-4)43(35-44)39-61)28-30-51(48)68-56(52,54(47)53)65-33-6-2/h6,15-17,23-24,27-30,35-37,39,42,46,52-54,59-60H,2,5,7-14,18-22,25-26,31-34,38,40H2,1,3-4H3/t42-,46+,52-,53+,54+,56+/m0/s1. The zero-order valence-electron chi connectivity index (χ0n) is 40.8. The predicted molar refractivity (Wildman–Crippen MR) is 266 cm³/mol. The zero-order chi connectivity index (χ0) is 48.1. The van der Waals surface area contributed by atoms with Crippen molar-refractivity contribution in [1.82, 2.24) is 4.90 Å². The number of carbonyl (C=O) groups is 2. The van der Waals surface area contributed by atoms with Crippen LogP contribution >= 0.6 is 0 Å². The van der Waals surface area contributed by atoms with Gasteiger partial charge in [-0.2, -0.15) is 0 Å². The molecule has 1 fully saturated rings. The Morgan fingerprint density at radius 3 is 2.26 bits per heavy atom. The summed E-state index contributed by atoms with van der Waals surface area (Å²) in [5.74, 6) is 0.0122. The zero-order valence-corrected chi connectivity index (χ0v) is 40.8. The van der Waals surface area contributed by atoms with Crippen molar-refractivity contribution in [3.05, 3.63) is 108 Å². The molecule has 68 heavy (non-hydrogen) atoms. The predicted octanol–water partition coefficient (Wildman–Crippen LogP) is 12.1.